The van der Waals surface area contributed by atoms with E-state index in [2.05, 4.69) is 15.2 Å². The second-order valence-corrected chi connectivity index (χ2v) is 6.15. The summed E-state index contributed by atoms with van der Waals surface area (Å²) < 4.78 is 13.2. The molecule has 1 amide bonds. The lowest BCUT2D eigenvalue weighted by Gasteiger charge is -2.35. The SMILES string of the molecule is O=C(CCNc1ccc(F)cc1[N+](=O)[O-])N1CCN(c2ccccn2)CC1. The number of halogens is 1. The molecule has 0 bridgehead atoms. The molecular weight excluding hydrogens is 353 g/mol. The monoisotopic (exact) mass is 373 g/mol. The number of nitro benzene ring substituents is 1. The first-order valence-corrected chi connectivity index (χ1v) is 8.66. The Labute approximate surface area is 155 Å². The second kappa shape index (κ2) is 8.43. The quantitative estimate of drug-likeness (QED) is 0.617. The minimum Gasteiger partial charge on any atom is -0.379 e. The van der Waals surface area contributed by atoms with Crippen LogP contribution < -0.4 is 10.2 Å². The number of pyridine rings is 1. The van der Waals surface area contributed by atoms with Crippen molar-refractivity contribution >= 4 is 23.1 Å². The predicted octanol–water partition coefficient (Wildman–Crippen LogP) is 2.28. The van der Waals surface area contributed by atoms with Gasteiger partial charge in [0.2, 0.25) is 5.91 Å². The molecule has 142 valence electrons. The van der Waals surface area contributed by atoms with E-state index in [0.29, 0.717) is 26.2 Å². The van der Waals surface area contributed by atoms with Gasteiger partial charge in [-0.15, -0.1) is 0 Å². The third-order valence-corrected chi connectivity index (χ3v) is 4.42. The van der Waals surface area contributed by atoms with Gasteiger partial charge in [-0.3, -0.25) is 14.9 Å². The number of hydrogen-bond donors (Lipinski definition) is 1. The number of carbonyl (C=O) groups is 1. The lowest BCUT2D eigenvalue weighted by Crippen LogP contribution is -2.49. The van der Waals surface area contributed by atoms with E-state index in [0.717, 1.165) is 18.0 Å². The second-order valence-electron chi connectivity index (χ2n) is 6.15. The third-order valence-electron chi connectivity index (χ3n) is 4.42. The fraction of sp³-hybridized carbons (Fsp3) is 0.333. The number of piperazine rings is 1. The standard InChI is InChI=1S/C18H20FN5O3/c19-14-4-5-15(16(13-14)24(26)27)20-8-6-18(25)23-11-9-22(10-12-23)17-3-1-2-7-21-17/h1-5,7,13,20H,6,8-12H2. The zero-order valence-electron chi connectivity index (χ0n) is 14.7. The zero-order chi connectivity index (χ0) is 19.2. The first-order valence-electron chi connectivity index (χ1n) is 8.66. The van der Waals surface area contributed by atoms with E-state index >= 15 is 0 Å². The number of nitrogens with zero attached hydrogens (tertiary/aromatic N) is 4. The van der Waals surface area contributed by atoms with E-state index in [1.54, 1.807) is 11.1 Å². The summed E-state index contributed by atoms with van der Waals surface area (Å²) in [6, 6.07) is 9.05. The van der Waals surface area contributed by atoms with Crippen molar-refractivity contribution in [2.45, 2.75) is 6.42 Å². The van der Waals surface area contributed by atoms with Gasteiger partial charge in [0, 0.05) is 45.3 Å². The summed E-state index contributed by atoms with van der Waals surface area (Å²) in [7, 11) is 0. The molecule has 8 nitrogen and oxygen atoms in total. The molecule has 3 rings (SSSR count). The number of amides is 1. The Bertz CT molecular complexity index is 810. The van der Waals surface area contributed by atoms with Crippen LogP contribution >= 0.6 is 0 Å². The van der Waals surface area contributed by atoms with E-state index in [1.165, 1.54) is 6.07 Å². The van der Waals surface area contributed by atoms with E-state index in [9.17, 15) is 19.3 Å². The van der Waals surface area contributed by atoms with Crippen molar-refractivity contribution in [3.8, 4) is 0 Å². The predicted molar refractivity (Wildman–Crippen MR) is 99.2 cm³/mol. The molecule has 0 aliphatic carbocycles. The maximum Gasteiger partial charge on any atom is 0.295 e. The maximum absolute atomic E-state index is 13.2. The van der Waals surface area contributed by atoms with Crippen LogP contribution in [0.5, 0.6) is 0 Å². The molecule has 1 N–H and O–H groups in total. The van der Waals surface area contributed by atoms with Gasteiger partial charge in [0.15, 0.2) is 0 Å². The van der Waals surface area contributed by atoms with Gasteiger partial charge in [-0.25, -0.2) is 9.37 Å². The van der Waals surface area contributed by atoms with Gasteiger partial charge < -0.3 is 15.1 Å². The van der Waals surface area contributed by atoms with Gasteiger partial charge >= 0.3 is 0 Å². The fourth-order valence-corrected chi connectivity index (χ4v) is 2.99. The number of aromatic nitrogens is 1. The van der Waals surface area contributed by atoms with Crippen LogP contribution in [0.2, 0.25) is 0 Å². The van der Waals surface area contributed by atoms with Crippen molar-refractivity contribution in [1.29, 1.82) is 0 Å². The number of hydrogen-bond acceptors (Lipinski definition) is 6. The van der Waals surface area contributed by atoms with Crippen molar-refractivity contribution in [2.24, 2.45) is 0 Å². The van der Waals surface area contributed by atoms with Gasteiger partial charge in [0.25, 0.3) is 5.69 Å². The largest absolute Gasteiger partial charge is 0.379 e. The molecule has 1 fully saturated rings. The average molecular weight is 373 g/mol. The van der Waals surface area contributed by atoms with E-state index < -0.39 is 10.7 Å². The Kier molecular flexibility index (Phi) is 5.80. The Morgan fingerprint density at radius 1 is 1.22 bits per heavy atom. The fourth-order valence-electron chi connectivity index (χ4n) is 2.99. The molecule has 1 aromatic carbocycles. The van der Waals surface area contributed by atoms with Crippen molar-refractivity contribution in [3.63, 3.8) is 0 Å². The number of anilines is 2. The van der Waals surface area contributed by atoms with E-state index in [-0.39, 0.29) is 30.2 Å². The Hall–Kier alpha value is -3.23. The smallest absolute Gasteiger partial charge is 0.295 e. The molecule has 27 heavy (non-hydrogen) atoms. The first-order chi connectivity index (χ1) is 13.0. The third kappa shape index (κ3) is 4.69. The summed E-state index contributed by atoms with van der Waals surface area (Å²) in [5.41, 5.74) is -0.138. The van der Waals surface area contributed by atoms with Gasteiger partial charge in [0.05, 0.1) is 11.0 Å². The van der Waals surface area contributed by atoms with Crippen LogP contribution in [0.25, 0.3) is 0 Å². The highest BCUT2D eigenvalue weighted by molar-refractivity contribution is 5.77. The summed E-state index contributed by atoms with van der Waals surface area (Å²) in [6.07, 6.45) is 1.95. The molecule has 1 aromatic heterocycles. The van der Waals surface area contributed by atoms with Gasteiger partial charge in [-0.05, 0) is 24.3 Å². The number of rotatable bonds is 6. The van der Waals surface area contributed by atoms with E-state index in [1.807, 2.05) is 18.2 Å². The Balaban J connectivity index is 1.48. The first kappa shape index (κ1) is 18.6. The molecule has 1 aliphatic rings. The lowest BCUT2D eigenvalue weighted by molar-refractivity contribution is -0.384. The molecule has 2 aromatic rings. The molecule has 1 saturated heterocycles. The minimum absolute atomic E-state index is 0.0204. The Morgan fingerprint density at radius 3 is 2.67 bits per heavy atom. The summed E-state index contributed by atoms with van der Waals surface area (Å²) in [6.45, 7) is 2.86. The number of carbonyl (C=O) groups excluding carboxylic acids is 1. The lowest BCUT2D eigenvalue weighted by atomic mass is 10.2. The van der Waals surface area contributed by atoms with Crippen LogP contribution in [0.3, 0.4) is 0 Å². The van der Waals surface area contributed by atoms with Crippen molar-refractivity contribution in [2.75, 3.05) is 42.9 Å². The molecule has 9 heteroatoms. The number of nitro groups is 1. The highest BCUT2D eigenvalue weighted by Crippen LogP contribution is 2.24. The van der Waals surface area contributed by atoms with Crippen molar-refractivity contribution in [3.05, 3.63) is 58.5 Å². The molecule has 0 saturated carbocycles. The van der Waals surface area contributed by atoms with Gasteiger partial charge in [-0.1, -0.05) is 6.07 Å². The molecule has 1 aliphatic heterocycles. The molecule has 0 unspecified atom stereocenters. The van der Waals surface area contributed by atoms with Crippen LogP contribution in [0.15, 0.2) is 42.6 Å². The molecule has 2 heterocycles. The van der Waals surface area contributed by atoms with Crippen LogP contribution in [-0.4, -0.2) is 53.4 Å². The number of benzene rings is 1. The zero-order valence-corrected chi connectivity index (χ0v) is 14.7. The highest BCUT2D eigenvalue weighted by atomic mass is 19.1. The summed E-state index contributed by atoms with van der Waals surface area (Å²) in [5.74, 6) is 0.205. The molecular formula is C18H20FN5O3. The van der Waals surface area contributed by atoms with Gasteiger partial charge in [-0.2, -0.15) is 0 Å². The molecule has 0 atom stereocenters. The summed E-state index contributed by atoms with van der Waals surface area (Å²) in [5, 5.41) is 13.8. The van der Waals surface area contributed by atoms with Crippen LogP contribution in [0.4, 0.5) is 21.6 Å². The van der Waals surface area contributed by atoms with Crippen LogP contribution in [0, 0.1) is 15.9 Å². The Morgan fingerprint density at radius 2 is 2.00 bits per heavy atom. The van der Waals surface area contributed by atoms with Crippen LogP contribution in [-0.2, 0) is 4.79 Å². The molecule has 0 radical (unpaired) electrons. The van der Waals surface area contributed by atoms with Gasteiger partial charge in [0.1, 0.15) is 17.3 Å². The van der Waals surface area contributed by atoms with Crippen LogP contribution in [0.1, 0.15) is 6.42 Å². The van der Waals surface area contributed by atoms with Crippen molar-refractivity contribution in [1.82, 2.24) is 9.88 Å². The topological polar surface area (TPSA) is 91.6 Å². The van der Waals surface area contributed by atoms with E-state index in [4.69, 9.17) is 0 Å². The minimum atomic E-state index is -0.672. The normalized spacial score (nSPS) is 14.1. The number of nitrogens with one attached hydrogen (secondary N) is 1. The summed E-state index contributed by atoms with van der Waals surface area (Å²) >= 11 is 0. The maximum atomic E-state index is 13.2. The van der Waals surface area contributed by atoms with Crippen molar-refractivity contribution < 1.29 is 14.1 Å². The highest BCUT2D eigenvalue weighted by Gasteiger charge is 2.22. The summed E-state index contributed by atoms with van der Waals surface area (Å²) in [4.78, 5) is 30.9. The molecule has 0 spiro atoms. The average Bonchev–Trinajstić information content (AvgIpc) is 2.69.